The summed E-state index contributed by atoms with van der Waals surface area (Å²) >= 11 is 0. The number of rotatable bonds is 7. The monoisotopic (exact) mass is 256 g/mol. The van der Waals surface area contributed by atoms with E-state index in [0.717, 1.165) is 12.8 Å². The Morgan fingerprint density at radius 3 is 1.56 bits per heavy atom. The largest absolute Gasteiger partial charge is 0.477 e. The third kappa shape index (κ3) is 5.84. The van der Waals surface area contributed by atoms with Crippen LogP contribution in [0.3, 0.4) is 0 Å². The zero-order chi connectivity index (χ0) is 14.5. The zero-order valence-corrected chi connectivity index (χ0v) is 11.9. The van der Waals surface area contributed by atoms with Gasteiger partial charge in [-0.1, -0.05) is 40.7 Å². The lowest BCUT2D eigenvalue weighted by molar-refractivity contribution is -0.140. The zero-order valence-electron chi connectivity index (χ0n) is 11.9. The summed E-state index contributed by atoms with van der Waals surface area (Å²) in [7, 11) is 0. The van der Waals surface area contributed by atoms with Gasteiger partial charge in [0.15, 0.2) is 0 Å². The van der Waals surface area contributed by atoms with Crippen molar-refractivity contribution in [1.82, 2.24) is 0 Å². The van der Waals surface area contributed by atoms with E-state index in [-0.39, 0.29) is 0 Å². The quantitative estimate of drug-likeness (QED) is 0.417. The minimum Gasteiger partial charge on any atom is -0.477 e. The number of carboxylic acids is 2. The van der Waals surface area contributed by atoms with Gasteiger partial charge in [-0.05, 0) is 30.1 Å². The smallest absolute Gasteiger partial charge is 0.342 e. The average molecular weight is 256 g/mol. The van der Waals surface area contributed by atoms with Gasteiger partial charge in [-0.2, -0.15) is 0 Å². The lowest BCUT2D eigenvalue weighted by atomic mass is 9.75. The van der Waals surface area contributed by atoms with Gasteiger partial charge >= 0.3 is 11.9 Å². The predicted molar refractivity (Wildman–Crippen MR) is 70.4 cm³/mol. The Morgan fingerprint density at radius 1 is 1.00 bits per heavy atom. The summed E-state index contributed by atoms with van der Waals surface area (Å²) in [6.07, 6.45) is 2.96. The molecular formula is C14H24O4. The molecular weight excluding hydrogens is 232 g/mol. The van der Waals surface area contributed by atoms with Crippen LogP contribution in [0.15, 0.2) is 11.6 Å². The summed E-state index contributed by atoms with van der Waals surface area (Å²) in [5.41, 5.74) is -0.923. The first-order chi connectivity index (χ1) is 8.07. The fourth-order valence-corrected chi connectivity index (χ4v) is 2.63. The summed E-state index contributed by atoms with van der Waals surface area (Å²) in [4.78, 5) is 21.9. The molecule has 0 aromatic heterocycles. The van der Waals surface area contributed by atoms with Gasteiger partial charge in [-0.15, -0.1) is 0 Å². The van der Waals surface area contributed by atoms with Crippen molar-refractivity contribution in [2.24, 2.45) is 17.3 Å². The predicted octanol–water partition coefficient (Wildman–Crippen LogP) is 3.18. The molecule has 0 saturated carbocycles. The summed E-state index contributed by atoms with van der Waals surface area (Å²) in [5, 5.41) is 17.9. The van der Waals surface area contributed by atoms with Crippen molar-refractivity contribution in [3.05, 3.63) is 11.6 Å². The molecule has 0 amide bonds. The Kier molecular flexibility index (Phi) is 6.09. The first kappa shape index (κ1) is 16.7. The van der Waals surface area contributed by atoms with Crippen molar-refractivity contribution < 1.29 is 19.8 Å². The normalized spacial score (nSPS) is 11.7. The number of hydrogen-bond donors (Lipinski definition) is 2. The van der Waals surface area contributed by atoms with Gasteiger partial charge in [0.05, 0.1) is 0 Å². The summed E-state index contributed by atoms with van der Waals surface area (Å²) in [5.74, 6) is -1.98. The van der Waals surface area contributed by atoms with Crippen molar-refractivity contribution in [1.29, 1.82) is 0 Å². The second-order valence-electron chi connectivity index (χ2n) is 6.02. The third-order valence-electron chi connectivity index (χ3n) is 2.70. The van der Waals surface area contributed by atoms with Crippen molar-refractivity contribution in [3.8, 4) is 0 Å². The van der Waals surface area contributed by atoms with Gasteiger partial charge in [0.25, 0.3) is 0 Å². The molecule has 0 heterocycles. The number of hydrogen-bond acceptors (Lipinski definition) is 2. The summed E-state index contributed by atoms with van der Waals surface area (Å²) in [6.45, 7) is 10.1. The Morgan fingerprint density at radius 2 is 1.33 bits per heavy atom. The first-order valence-corrected chi connectivity index (χ1v) is 6.27. The molecule has 0 aliphatic heterocycles. The maximum atomic E-state index is 10.9. The van der Waals surface area contributed by atoms with Crippen LogP contribution in [0.2, 0.25) is 0 Å². The molecule has 18 heavy (non-hydrogen) atoms. The van der Waals surface area contributed by atoms with Crippen LogP contribution in [0.4, 0.5) is 0 Å². The fraction of sp³-hybridized carbons (Fsp3) is 0.714. The Hall–Kier alpha value is -1.32. The molecule has 0 saturated heterocycles. The molecule has 0 fully saturated rings. The van der Waals surface area contributed by atoms with E-state index in [1.807, 2.05) is 34.6 Å². The molecule has 0 aliphatic carbocycles. The van der Waals surface area contributed by atoms with E-state index in [2.05, 4.69) is 0 Å². The van der Waals surface area contributed by atoms with E-state index in [9.17, 15) is 9.59 Å². The van der Waals surface area contributed by atoms with E-state index in [1.54, 1.807) is 0 Å². The van der Waals surface area contributed by atoms with Gasteiger partial charge < -0.3 is 10.2 Å². The molecule has 0 aromatic carbocycles. The molecule has 0 spiro atoms. The number of carboxylic acid groups (broad SMARTS) is 2. The third-order valence-corrected chi connectivity index (χ3v) is 2.70. The lowest BCUT2D eigenvalue weighted by Crippen LogP contribution is -2.23. The maximum absolute atomic E-state index is 10.9. The van der Waals surface area contributed by atoms with Crippen LogP contribution in [0.5, 0.6) is 0 Å². The van der Waals surface area contributed by atoms with E-state index >= 15 is 0 Å². The molecule has 0 aromatic rings. The van der Waals surface area contributed by atoms with E-state index < -0.39 is 22.9 Å². The minimum absolute atomic E-state index is 0.383. The Labute approximate surface area is 109 Å². The molecule has 0 aliphatic rings. The van der Waals surface area contributed by atoms with Crippen molar-refractivity contribution >= 4 is 11.9 Å². The van der Waals surface area contributed by atoms with Gasteiger partial charge in [0.2, 0.25) is 0 Å². The van der Waals surface area contributed by atoms with Crippen LogP contribution < -0.4 is 0 Å². The minimum atomic E-state index is -1.37. The highest BCUT2D eigenvalue weighted by molar-refractivity contribution is 6.12. The van der Waals surface area contributed by atoms with E-state index in [4.69, 9.17) is 10.2 Å². The molecule has 0 atom stereocenters. The molecule has 2 N–H and O–H groups in total. The van der Waals surface area contributed by atoms with Crippen molar-refractivity contribution in [2.75, 3.05) is 0 Å². The van der Waals surface area contributed by atoms with Crippen LogP contribution in [0.25, 0.3) is 0 Å². The van der Waals surface area contributed by atoms with Gasteiger partial charge in [0, 0.05) is 0 Å². The van der Waals surface area contributed by atoms with Gasteiger partial charge in [0.1, 0.15) is 5.57 Å². The molecule has 0 radical (unpaired) electrons. The Balaban J connectivity index is 5.36. The Bertz CT molecular complexity index is 314. The molecule has 0 bridgehead atoms. The van der Waals surface area contributed by atoms with Crippen molar-refractivity contribution in [2.45, 2.75) is 47.5 Å². The van der Waals surface area contributed by atoms with E-state index in [0.29, 0.717) is 11.8 Å². The molecule has 0 rings (SSSR count). The fourth-order valence-electron chi connectivity index (χ4n) is 2.63. The first-order valence-electron chi connectivity index (χ1n) is 6.27. The molecule has 4 heteroatoms. The van der Waals surface area contributed by atoms with Crippen LogP contribution in [-0.4, -0.2) is 22.2 Å². The topological polar surface area (TPSA) is 74.6 Å². The highest BCUT2D eigenvalue weighted by Gasteiger charge is 2.28. The summed E-state index contributed by atoms with van der Waals surface area (Å²) in [6, 6.07) is 0. The average Bonchev–Trinajstić information content (AvgIpc) is 2.10. The second-order valence-corrected chi connectivity index (χ2v) is 6.02. The number of allylic oxidation sites excluding steroid dienone is 1. The van der Waals surface area contributed by atoms with Crippen LogP contribution in [-0.2, 0) is 9.59 Å². The van der Waals surface area contributed by atoms with Gasteiger partial charge in [-0.25, -0.2) is 9.59 Å². The number of carbonyl (C=O) groups is 2. The molecule has 104 valence electrons. The SMILES string of the molecule is CC(C)CC(C)(C=C(C(=O)O)C(=O)O)CC(C)C. The lowest BCUT2D eigenvalue weighted by Gasteiger charge is -2.30. The highest BCUT2D eigenvalue weighted by atomic mass is 16.4. The summed E-state index contributed by atoms with van der Waals surface area (Å²) < 4.78 is 0. The van der Waals surface area contributed by atoms with Gasteiger partial charge in [-0.3, -0.25) is 0 Å². The molecule has 4 nitrogen and oxygen atoms in total. The molecule has 0 unspecified atom stereocenters. The van der Waals surface area contributed by atoms with Crippen molar-refractivity contribution in [3.63, 3.8) is 0 Å². The standard InChI is InChI=1S/C14H24O4/c1-9(2)6-14(5,7-10(3)4)8-11(12(15)16)13(17)18/h8-10H,6-7H2,1-5H3,(H,15,16)(H,17,18). The highest BCUT2D eigenvalue weighted by Crippen LogP contribution is 2.35. The van der Waals surface area contributed by atoms with Crippen LogP contribution >= 0.6 is 0 Å². The maximum Gasteiger partial charge on any atom is 0.342 e. The number of aliphatic carboxylic acids is 2. The van der Waals surface area contributed by atoms with Crippen LogP contribution in [0.1, 0.15) is 47.5 Å². The second kappa shape index (κ2) is 6.57. The van der Waals surface area contributed by atoms with E-state index in [1.165, 1.54) is 6.08 Å². The van der Waals surface area contributed by atoms with Crippen LogP contribution in [0, 0.1) is 17.3 Å².